The molecule has 0 aromatic rings. The van der Waals surface area contributed by atoms with Crippen LogP contribution >= 0.6 is 0 Å². The molecule has 0 N–H and O–H groups in total. The van der Waals surface area contributed by atoms with Crippen LogP contribution in [-0.2, 0) is 10.9 Å². The number of rotatable bonds is 1. The van der Waals surface area contributed by atoms with Gasteiger partial charge in [0.05, 0.1) is 12.5 Å². The first-order valence-electron chi connectivity index (χ1n) is 3.46. The zero-order valence-corrected chi connectivity index (χ0v) is 11.4. The minimum atomic E-state index is -1.08. The number of halogens is 1. The smallest absolute Gasteiger partial charge is 0.167 e. The van der Waals surface area contributed by atoms with Crippen molar-refractivity contribution in [3.63, 3.8) is 0 Å². The van der Waals surface area contributed by atoms with Crippen molar-refractivity contribution in [2.45, 2.75) is 19.6 Å². The van der Waals surface area contributed by atoms with Crippen molar-refractivity contribution in [1.29, 1.82) is 0 Å². The summed E-state index contributed by atoms with van der Waals surface area (Å²) in [6, 6.07) is 0. The number of hydrogen-bond acceptors (Lipinski definition) is 0. The second-order valence-electron chi connectivity index (χ2n) is 3.68. The zero-order chi connectivity index (χ0) is 8.20. The van der Waals surface area contributed by atoms with Crippen LogP contribution in [0.25, 0.3) is 0 Å². The van der Waals surface area contributed by atoms with Crippen LogP contribution in [0.3, 0.4) is 0 Å². The molecule has 66 valence electrons. The average molecular weight is 253 g/mol. The molecule has 0 aliphatic carbocycles. The third kappa shape index (κ3) is 13.6. The quantitative estimate of drug-likeness (QED) is 0.311. The lowest BCUT2D eigenvalue weighted by molar-refractivity contribution is -0.00000255. The summed E-state index contributed by atoms with van der Waals surface area (Å²) in [6.45, 7) is 6.84. The highest BCUT2D eigenvalue weighted by Gasteiger charge is 2.07. The van der Waals surface area contributed by atoms with Crippen molar-refractivity contribution >= 4 is 19.0 Å². The third-order valence-corrected chi connectivity index (χ3v) is 2.47. The molecule has 0 aromatic carbocycles. The van der Waals surface area contributed by atoms with E-state index in [9.17, 15) is 0 Å². The van der Waals surface area contributed by atoms with Crippen molar-refractivity contribution in [2.75, 3.05) is 18.3 Å². The van der Waals surface area contributed by atoms with Gasteiger partial charge in [-0.25, -0.2) is 0 Å². The van der Waals surface area contributed by atoms with E-state index in [1.807, 2.05) is 0 Å². The highest BCUT2D eigenvalue weighted by molar-refractivity contribution is 7.95. The molecule has 0 radical (unpaired) electrons. The Kier molecular flexibility index (Phi) is 7.92. The minimum absolute atomic E-state index is 0. The molecule has 0 aliphatic rings. The summed E-state index contributed by atoms with van der Waals surface area (Å²) < 4.78 is 0. The van der Waals surface area contributed by atoms with E-state index < -0.39 is 8.07 Å². The summed E-state index contributed by atoms with van der Waals surface area (Å²) in [4.78, 5) is 0. The van der Waals surface area contributed by atoms with E-state index >= 15 is 0 Å². The summed E-state index contributed by atoms with van der Waals surface area (Å²) in [7, 11) is -0.582. The Morgan fingerprint density at radius 3 is 1.91 bits per heavy atom. The van der Waals surface area contributed by atoms with Gasteiger partial charge in [0, 0.05) is 0 Å². The summed E-state index contributed by atoms with van der Waals surface area (Å²) in [6.07, 6.45) is 4.47. The normalized spacial score (nSPS) is 10.0. The van der Waals surface area contributed by atoms with Gasteiger partial charge in [-0.15, -0.1) is 5.54 Å². The fraction of sp³-hybridized carbons (Fsp3) is 0.750. The van der Waals surface area contributed by atoms with Crippen molar-refractivity contribution in [3.8, 4) is 11.5 Å². The molecule has 11 heavy (non-hydrogen) atoms. The maximum atomic E-state index is 3.35. The van der Waals surface area contributed by atoms with Crippen LogP contribution in [0, 0.1) is 11.5 Å². The lowest BCUT2D eigenvalue weighted by atomic mass is 10.8. The van der Waals surface area contributed by atoms with Crippen LogP contribution in [0.1, 0.15) is 0 Å². The Hall–Kier alpha value is 0.607. The molecule has 0 aromatic heterocycles. The molecule has 0 saturated heterocycles. The Morgan fingerprint density at radius 1 is 1.18 bits per heavy atom. The second-order valence-corrected chi connectivity index (χ2v) is 10.7. The van der Waals surface area contributed by atoms with Crippen molar-refractivity contribution in [3.05, 3.63) is 0 Å². The molecule has 0 rings (SSSR count). The fourth-order valence-electron chi connectivity index (χ4n) is 0.446. The van der Waals surface area contributed by atoms with Crippen molar-refractivity contribution < 1.29 is 17.0 Å². The average Bonchev–Trinajstić information content (AvgIpc) is 1.59. The van der Waals surface area contributed by atoms with Gasteiger partial charge in [-0.1, -0.05) is 25.6 Å². The van der Waals surface area contributed by atoms with E-state index in [1.165, 1.54) is 0 Å². The SMILES string of the molecule is C[S+](C)CC#C[Si](C)(C)C.[Br-]. The van der Waals surface area contributed by atoms with Crippen LogP contribution in [0.15, 0.2) is 0 Å². The van der Waals surface area contributed by atoms with Crippen LogP contribution in [0.5, 0.6) is 0 Å². The van der Waals surface area contributed by atoms with E-state index in [2.05, 4.69) is 43.6 Å². The van der Waals surface area contributed by atoms with E-state index in [0.29, 0.717) is 10.9 Å². The van der Waals surface area contributed by atoms with Gasteiger partial charge >= 0.3 is 0 Å². The fourth-order valence-corrected chi connectivity index (χ4v) is 1.55. The summed E-state index contributed by atoms with van der Waals surface area (Å²) in [5, 5.41) is 0. The zero-order valence-electron chi connectivity index (χ0n) is 7.99. The Balaban J connectivity index is 0. The van der Waals surface area contributed by atoms with Crippen LogP contribution in [0.4, 0.5) is 0 Å². The molecule has 0 amide bonds. The molecular formula is C8H17BrSSi. The van der Waals surface area contributed by atoms with Gasteiger partial charge in [-0.3, -0.25) is 0 Å². The molecule has 0 unspecified atom stereocenters. The maximum absolute atomic E-state index is 3.35. The predicted octanol–water partition coefficient (Wildman–Crippen LogP) is -1.25. The molecular weight excluding hydrogens is 236 g/mol. The van der Waals surface area contributed by atoms with Crippen molar-refractivity contribution in [1.82, 2.24) is 0 Å². The highest BCUT2D eigenvalue weighted by Crippen LogP contribution is 1.96. The Bertz CT molecular complexity index is 150. The summed E-state index contributed by atoms with van der Waals surface area (Å²) in [5.41, 5.74) is 3.35. The largest absolute Gasteiger partial charge is 1.00 e. The van der Waals surface area contributed by atoms with Gasteiger partial charge in [-0.05, 0) is 10.9 Å². The lowest BCUT2D eigenvalue weighted by Gasteiger charge is -2.02. The van der Waals surface area contributed by atoms with E-state index in [4.69, 9.17) is 0 Å². The maximum Gasteiger partial charge on any atom is 0.167 e. The molecule has 0 saturated carbocycles. The second kappa shape index (κ2) is 6.16. The Morgan fingerprint density at radius 2 is 1.64 bits per heavy atom. The van der Waals surface area contributed by atoms with Gasteiger partial charge in [0.15, 0.2) is 5.75 Å². The van der Waals surface area contributed by atoms with Crippen LogP contribution < -0.4 is 17.0 Å². The molecule has 0 bridgehead atoms. The number of hydrogen-bond donors (Lipinski definition) is 0. The standard InChI is InChI=1S/C8H17SSi.BrH/c1-9(2)7-6-8-10(3,4)5;/h7H2,1-5H3;1H/q+1;/p-1. The van der Waals surface area contributed by atoms with E-state index in [-0.39, 0.29) is 17.0 Å². The summed E-state index contributed by atoms with van der Waals surface area (Å²) in [5.74, 6) is 4.34. The first kappa shape index (κ1) is 14.1. The van der Waals surface area contributed by atoms with Gasteiger partial charge in [-0.2, -0.15) is 0 Å². The van der Waals surface area contributed by atoms with Gasteiger partial charge < -0.3 is 17.0 Å². The molecule has 0 heterocycles. The highest BCUT2D eigenvalue weighted by atomic mass is 79.9. The molecule has 0 atom stereocenters. The minimum Gasteiger partial charge on any atom is -1.00 e. The summed E-state index contributed by atoms with van der Waals surface area (Å²) >= 11 is 0. The molecule has 3 heteroatoms. The monoisotopic (exact) mass is 252 g/mol. The van der Waals surface area contributed by atoms with Gasteiger partial charge in [0.1, 0.15) is 8.07 Å². The predicted molar refractivity (Wildman–Crippen MR) is 55.2 cm³/mol. The topological polar surface area (TPSA) is 0 Å². The van der Waals surface area contributed by atoms with E-state index in [1.54, 1.807) is 0 Å². The molecule has 0 nitrogen and oxygen atoms in total. The first-order valence-corrected chi connectivity index (χ1v) is 9.17. The van der Waals surface area contributed by atoms with Gasteiger partial charge in [0.2, 0.25) is 0 Å². The lowest BCUT2D eigenvalue weighted by Crippen LogP contribution is -3.00. The van der Waals surface area contributed by atoms with Crippen LogP contribution in [-0.4, -0.2) is 26.3 Å². The first-order chi connectivity index (χ1) is 4.42. The third-order valence-electron chi connectivity index (χ3n) is 0.824. The van der Waals surface area contributed by atoms with Crippen molar-refractivity contribution in [2.24, 2.45) is 0 Å². The molecule has 0 fully saturated rings. The molecule has 0 aliphatic heterocycles. The Labute approximate surface area is 85.3 Å². The van der Waals surface area contributed by atoms with Crippen LogP contribution in [0.2, 0.25) is 19.6 Å². The van der Waals surface area contributed by atoms with Gasteiger partial charge in [0.25, 0.3) is 0 Å². The van der Waals surface area contributed by atoms with E-state index in [0.717, 1.165) is 5.75 Å². The molecule has 0 spiro atoms.